The number of carbonyl (C=O) groups is 1. The van der Waals surface area contributed by atoms with E-state index in [9.17, 15) is 9.18 Å². The molecule has 2 N–H and O–H groups in total. The largest absolute Gasteiger partial charge is 0.489 e. The van der Waals surface area contributed by atoms with Crippen molar-refractivity contribution in [2.24, 2.45) is 0 Å². The lowest BCUT2D eigenvalue weighted by molar-refractivity contribution is -0.113. The molecule has 0 aliphatic carbocycles. The smallest absolute Gasteiger partial charge is 0.255 e. The summed E-state index contributed by atoms with van der Waals surface area (Å²) in [5.41, 5.74) is 4.47. The summed E-state index contributed by atoms with van der Waals surface area (Å²) in [6.45, 7) is 4.04. The highest BCUT2D eigenvalue weighted by atomic mass is 19.1. The molecule has 1 aliphatic rings. The quantitative estimate of drug-likeness (QED) is 0.404. The van der Waals surface area contributed by atoms with E-state index < -0.39 is 6.04 Å². The molecule has 0 spiro atoms. The Hall–Kier alpha value is -4.46. The number of nitrogens with one attached hydrogen (secondary N) is 2. The van der Waals surface area contributed by atoms with Gasteiger partial charge in [-0.2, -0.15) is 10.1 Å². The molecule has 0 bridgehead atoms. The number of nitrogens with zero attached hydrogens (tertiary/aromatic N) is 3. The molecule has 7 nitrogen and oxygen atoms in total. The molecule has 1 unspecified atom stereocenters. The Bertz CT molecular complexity index is 1410. The maximum Gasteiger partial charge on any atom is 0.255 e. The number of aromatic nitrogens is 3. The molecule has 1 amide bonds. The topological polar surface area (TPSA) is 81.1 Å². The molecule has 1 atom stereocenters. The molecule has 3 aromatic carbocycles. The fourth-order valence-electron chi connectivity index (χ4n) is 4.15. The number of aryl methyl sites for hydroxylation is 1. The van der Waals surface area contributed by atoms with Crippen LogP contribution in [-0.4, -0.2) is 20.7 Å². The average molecular weight is 470 g/mol. The SMILES string of the molecule is CC1=C(C(=O)Nc2ccccc2C)C(c2ccccc2OCc2ccc(F)cc2)n2ncnc2N1. The Kier molecular flexibility index (Phi) is 6.01. The third-order valence-corrected chi connectivity index (χ3v) is 5.95. The third kappa shape index (κ3) is 4.50. The average Bonchev–Trinajstić information content (AvgIpc) is 3.32. The maximum atomic E-state index is 13.6. The predicted molar refractivity (Wildman–Crippen MR) is 131 cm³/mol. The van der Waals surface area contributed by atoms with Crippen LogP contribution >= 0.6 is 0 Å². The zero-order valence-corrected chi connectivity index (χ0v) is 19.3. The number of rotatable bonds is 6. The minimum absolute atomic E-state index is 0.246. The standard InChI is InChI=1S/C27H24FN5O2/c1-17-7-3-5-9-22(17)32-26(34)24-18(2)31-27-29-16-30-33(27)25(24)21-8-4-6-10-23(21)35-15-19-11-13-20(28)14-12-19/h3-14,16,25H,15H2,1-2H3,(H,32,34)(H,29,30,31). The molecule has 8 heteroatoms. The summed E-state index contributed by atoms with van der Waals surface area (Å²) in [5, 5.41) is 10.6. The normalized spacial score (nSPS) is 14.8. The van der Waals surface area contributed by atoms with Gasteiger partial charge in [0.05, 0.1) is 5.57 Å². The third-order valence-electron chi connectivity index (χ3n) is 5.95. The molecule has 1 aromatic heterocycles. The second-order valence-electron chi connectivity index (χ2n) is 8.32. The molecule has 0 saturated heterocycles. The Labute approximate surface area is 202 Å². The summed E-state index contributed by atoms with van der Waals surface area (Å²) in [6.07, 6.45) is 1.45. The van der Waals surface area contributed by atoms with Crippen molar-refractivity contribution in [2.45, 2.75) is 26.5 Å². The molecule has 2 heterocycles. The van der Waals surface area contributed by atoms with Gasteiger partial charge in [0, 0.05) is 16.9 Å². The van der Waals surface area contributed by atoms with Gasteiger partial charge in [0.1, 0.15) is 30.5 Å². The van der Waals surface area contributed by atoms with E-state index in [1.807, 2.05) is 62.4 Å². The highest BCUT2D eigenvalue weighted by Crippen LogP contribution is 2.39. The molecule has 0 fully saturated rings. The van der Waals surface area contributed by atoms with E-state index in [-0.39, 0.29) is 18.3 Å². The van der Waals surface area contributed by atoms with Crippen molar-refractivity contribution >= 4 is 17.5 Å². The van der Waals surface area contributed by atoms with Crippen LogP contribution in [0.3, 0.4) is 0 Å². The van der Waals surface area contributed by atoms with Gasteiger partial charge in [0.15, 0.2) is 0 Å². The number of hydrogen-bond acceptors (Lipinski definition) is 5. The minimum atomic E-state index is -0.567. The van der Waals surface area contributed by atoms with E-state index >= 15 is 0 Å². The van der Waals surface area contributed by atoms with Gasteiger partial charge in [0.25, 0.3) is 5.91 Å². The van der Waals surface area contributed by atoms with Gasteiger partial charge < -0.3 is 15.4 Å². The lowest BCUT2D eigenvalue weighted by atomic mass is 9.94. The lowest BCUT2D eigenvalue weighted by Gasteiger charge is -2.30. The summed E-state index contributed by atoms with van der Waals surface area (Å²) in [6, 6.07) is 20.8. The van der Waals surface area contributed by atoms with Crippen LogP contribution in [-0.2, 0) is 11.4 Å². The second-order valence-corrected chi connectivity index (χ2v) is 8.32. The maximum absolute atomic E-state index is 13.6. The molecule has 0 radical (unpaired) electrons. The zero-order valence-electron chi connectivity index (χ0n) is 19.3. The lowest BCUT2D eigenvalue weighted by Crippen LogP contribution is -2.32. The van der Waals surface area contributed by atoms with E-state index in [1.54, 1.807) is 16.8 Å². The van der Waals surface area contributed by atoms with Gasteiger partial charge in [0.2, 0.25) is 5.95 Å². The van der Waals surface area contributed by atoms with Gasteiger partial charge in [-0.3, -0.25) is 4.79 Å². The highest BCUT2D eigenvalue weighted by molar-refractivity contribution is 6.06. The van der Waals surface area contributed by atoms with Crippen LogP contribution in [0, 0.1) is 12.7 Å². The number of benzene rings is 3. The Morgan fingerprint density at radius 3 is 2.60 bits per heavy atom. The number of carbonyl (C=O) groups excluding carboxylic acids is 1. The van der Waals surface area contributed by atoms with Gasteiger partial charge >= 0.3 is 0 Å². The Balaban J connectivity index is 1.52. The summed E-state index contributed by atoms with van der Waals surface area (Å²) in [5.74, 6) is 0.587. The van der Waals surface area contributed by atoms with Crippen molar-refractivity contribution in [2.75, 3.05) is 10.6 Å². The van der Waals surface area contributed by atoms with Crippen LogP contribution in [0.2, 0.25) is 0 Å². The monoisotopic (exact) mass is 469 g/mol. The molecule has 1 aliphatic heterocycles. The van der Waals surface area contributed by atoms with Gasteiger partial charge in [-0.25, -0.2) is 9.07 Å². The van der Waals surface area contributed by atoms with Gasteiger partial charge in [-0.05, 0) is 49.2 Å². The first-order valence-corrected chi connectivity index (χ1v) is 11.2. The number of amides is 1. The molecule has 35 heavy (non-hydrogen) atoms. The van der Waals surface area contributed by atoms with Crippen LogP contribution in [0.4, 0.5) is 16.0 Å². The van der Waals surface area contributed by atoms with E-state index in [2.05, 4.69) is 20.7 Å². The van der Waals surface area contributed by atoms with E-state index in [0.29, 0.717) is 23.0 Å². The van der Waals surface area contributed by atoms with Crippen molar-refractivity contribution < 1.29 is 13.9 Å². The molecule has 0 saturated carbocycles. The fourth-order valence-corrected chi connectivity index (χ4v) is 4.15. The highest BCUT2D eigenvalue weighted by Gasteiger charge is 2.35. The van der Waals surface area contributed by atoms with Crippen molar-refractivity contribution in [1.29, 1.82) is 0 Å². The zero-order chi connectivity index (χ0) is 24.4. The van der Waals surface area contributed by atoms with E-state index in [0.717, 1.165) is 22.4 Å². The molecular weight excluding hydrogens is 445 g/mol. The van der Waals surface area contributed by atoms with Crippen LogP contribution in [0.25, 0.3) is 0 Å². The Morgan fingerprint density at radius 1 is 1.06 bits per heavy atom. The first kappa shape index (κ1) is 22.3. The number of halogens is 1. The van der Waals surface area contributed by atoms with Gasteiger partial charge in [-0.1, -0.05) is 48.5 Å². The number of allylic oxidation sites excluding steroid dienone is 1. The molecule has 4 aromatic rings. The summed E-state index contributed by atoms with van der Waals surface area (Å²) >= 11 is 0. The van der Waals surface area contributed by atoms with Crippen molar-refractivity contribution in [3.05, 3.63) is 113 Å². The summed E-state index contributed by atoms with van der Waals surface area (Å²) in [4.78, 5) is 17.9. The first-order chi connectivity index (χ1) is 17.0. The number of ether oxygens (including phenoxy) is 1. The molecule has 5 rings (SSSR count). The summed E-state index contributed by atoms with van der Waals surface area (Å²) < 4.78 is 21.1. The minimum Gasteiger partial charge on any atom is -0.489 e. The van der Waals surface area contributed by atoms with Crippen molar-refractivity contribution in [3.8, 4) is 5.75 Å². The summed E-state index contributed by atoms with van der Waals surface area (Å²) in [7, 11) is 0. The second kappa shape index (κ2) is 9.42. The van der Waals surface area contributed by atoms with Crippen LogP contribution < -0.4 is 15.4 Å². The van der Waals surface area contributed by atoms with E-state index in [1.165, 1.54) is 18.5 Å². The van der Waals surface area contributed by atoms with E-state index in [4.69, 9.17) is 4.74 Å². The van der Waals surface area contributed by atoms with Gasteiger partial charge in [-0.15, -0.1) is 0 Å². The number of hydrogen-bond donors (Lipinski definition) is 2. The molecular formula is C27H24FN5O2. The number of anilines is 2. The number of fused-ring (bicyclic) bond motifs is 1. The Morgan fingerprint density at radius 2 is 1.80 bits per heavy atom. The van der Waals surface area contributed by atoms with Crippen LogP contribution in [0.15, 0.2) is 90.4 Å². The van der Waals surface area contributed by atoms with Crippen LogP contribution in [0.1, 0.15) is 29.7 Å². The fraction of sp³-hybridized carbons (Fsp3) is 0.148. The number of para-hydroxylation sites is 2. The predicted octanol–water partition coefficient (Wildman–Crippen LogP) is 5.23. The van der Waals surface area contributed by atoms with Crippen LogP contribution in [0.5, 0.6) is 5.75 Å². The first-order valence-electron chi connectivity index (χ1n) is 11.2. The molecule has 176 valence electrons. The van der Waals surface area contributed by atoms with Crippen molar-refractivity contribution in [3.63, 3.8) is 0 Å². The van der Waals surface area contributed by atoms with Crippen molar-refractivity contribution in [1.82, 2.24) is 14.8 Å².